The summed E-state index contributed by atoms with van der Waals surface area (Å²) in [6.07, 6.45) is 7.21. The molecule has 0 radical (unpaired) electrons. The molecule has 5 atom stereocenters. The highest BCUT2D eigenvalue weighted by Gasteiger charge is 2.35. The molecule has 19 nitrogen and oxygen atoms in total. The normalized spacial score (nSPS) is 14.0. The van der Waals surface area contributed by atoms with E-state index in [-0.39, 0.29) is 44.2 Å². The number of ketones is 2. The number of carbonyl (C=O) groups is 6. The number of benzene rings is 1. The van der Waals surface area contributed by atoms with E-state index in [1.807, 2.05) is 32.0 Å². The van der Waals surface area contributed by atoms with Crippen LogP contribution < -0.4 is 16.4 Å². The number of phosphoric acid groups is 1. The summed E-state index contributed by atoms with van der Waals surface area (Å²) in [6.45, 7) is 4.84. The molecule has 1 aromatic heterocycles. The summed E-state index contributed by atoms with van der Waals surface area (Å²) >= 11 is 0. The molecule has 0 aliphatic heterocycles. The van der Waals surface area contributed by atoms with Gasteiger partial charge in [-0.3, -0.25) is 33.3 Å². The van der Waals surface area contributed by atoms with E-state index in [1.54, 1.807) is 7.11 Å². The zero-order chi connectivity index (χ0) is 46.8. The maximum Gasteiger partial charge on any atom is 0.469 e. The van der Waals surface area contributed by atoms with Crippen LogP contribution in [0.5, 0.6) is 0 Å². The molecule has 0 saturated heterocycles. The molecule has 2 rings (SSSR count). The second-order valence-electron chi connectivity index (χ2n) is 16.1. The van der Waals surface area contributed by atoms with E-state index >= 15 is 0 Å². The lowest BCUT2D eigenvalue weighted by Crippen LogP contribution is -2.50. The molecule has 354 valence electrons. The van der Waals surface area contributed by atoms with Gasteiger partial charge < -0.3 is 50.6 Å². The van der Waals surface area contributed by atoms with E-state index < -0.39 is 86.6 Å². The molecule has 0 aliphatic rings. The number of amides is 4. The zero-order valence-corrected chi connectivity index (χ0v) is 38.0. The Morgan fingerprint density at radius 2 is 1.56 bits per heavy atom. The van der Waals surface area contributed by atoms with Crippen molar-refractivity contribution in [3.8, 4) is 0 Å². The predicted octanol–water partition coefficient (Wildman–Crippen LogP) is 2.56. The SMILES string of the molecule is COCCOCCC(=O)N(CCCCCCCCc1ccccc1)CC(=O)N[C@@H](CC(C)C)C(=O)C[C@@H](Cc1cnc[nH]1)C(=O)N[C@@H](CO)C(=O)C[C@H](C(N)=O)[C@@H](C)OP(=O)(O)O. The maximum absolute atomic E-state index is 14.0. The van der Waals surface area contributed by atoms with Crippen molar-refractivity contribution in [1.82, 2.24) is 25.5 Å². The Morgan fingerprint density at radius 3 is 2.16 bits per heavy atom. The molecule has 0 saturated carbocycles. The quantitative estimate of drug-likeness (QED) is 0.0387. The first-order valence-electron chi connectivity index (χ1n) is 21.6. The average Bonchev–Trinajstić information content (AvgIpc) is 3.74. The van der Waals surface area contributed by atoms with Crippen LogP contribution in [0.25, 0.3) is 0 Å². The fraction of sp³-hybridized carbons (Fsp3) is 0.651. The Balaban J connectivity index is 2.14. The van der Waals surface area contributed by atoms with E-state index in [4.69, 9.17) is 15.2 Å². The van der Waals surface area contributed by atoms with Gasteiger partial charge in [0.25, 0.3) is 0 Å². The summed E-state index contributed by atoms with van der Waals surface area (Å²) in [7, 11) is -3.51. The number of aliphatic hydroxyl groups is 1. The van der Waals surface area contributed by atoms with Crippen LogP contribution >= 0.6 is 7.82 Å². The Kier molecular flexibility index (Phi) is 26.0. The number of aromatic nitrogens is 2. The monoisotopic (exact) mass is 908 g/mol. The number of aromatic amines is 1. The summed E-state index contributed by atoms with van der Waals surface area (Å²) < 4.78 is 26.4. The minimum atomic E-state index is -5.06. The molecule has 63 heavy (non-hydrogen) atoms. The van der Waals surface area contributed by atoms with Crippen LogP contribution in [0, 0.1) is 17.8 Å². The van der Waals surface area contributed by atoms with Gasteiger partial charge in [-0.2, -0.15) is 0 Å². The van der Waals surface area contributed by atoms with Gasteiger partial charge >= 0.3 is 7.82 Å². The third-order valence-corrected chi connectivity index (χ3v) is 11.0. The number of methoxy groups -OCH3 is 1. The largest absolute Gasteiger partial charge is 0.469 e. The first-order valence-corrected chi connectivity index (χ1v) is 23.1. The highest BCUT2D eigenvalue weighted by Crippen LogP contribution is 2.39. The van der Waals surface area contributed by atoms with Gasteiger partial charge in [0.1, 0.15) is 6.04 Å². The topological polar surface area (TPSA) is 290 Å². The van der Waals surface area contributed by atoms with Crippen molar-refractivity contribution in [3.63, 3.8) is 0 Å². The van der Waals surface area contributed by atoms with Gasteiger partial charge in [-0.05, 0) is 44.1 Å². The molecule has 2 aromatic rings. The van der Waals surface area contributed by atoms with E-state index in [9.17, 15) is 48.2 Å². The molecule has 1 heterocycles. The number of aryl methyl sites for hydroxylation is 1. The van der Waals surface area contributed by atoms with Crippen molar-refractivity contribution in [3.05, 3.63) is 54.1 Å². The second-order valence-corrected chi connectivity index (χ2v) is 17.3. The fourth-order valence-electron chi connectivity index (χ4n) is 6.96. The van der Waals surface area contributed by atoms with Crippen molar-refractivity contribution in [2.75, 3.05) is 46.6 Å². The van der Waals surface area contributed by atoms with Gasteiger partial charge in [-0.1, -0.05) is 69.9 Å². The number of nitrogens with two attached hydrogens (primary N) is 1. The van der Waals surface area contributed by atoms with Gasteiger partial charge in [-0.15, -0.1) is 0 Å². The van der Waals surface area contributed by atoms with E-state index in [0.717, 1.165) is 45.4 Å². The smallest absolute Gasteiger partial charge is 0.394 e. The number of hydrogen-bond donors (Lipinski definition) is 7. The van der Waals surface area contributed by atoms with Crippen LogP contribution in [0.1, 0.15) is 96.2 Å². The first-order chi connectivity index (χ1) is 29.9. The number of nitrogens with one attached hydrogen (secondary N) is 3. The third kappa shape index (κ3) is 23.2. The summed E-state index contributed by atoms with van der Waals surface area (Å²) in [5.41, 5.74) is 7.17. The first kappa shape index (κ1) is 54.8. The number of hydrogen-bond acceptors (Lipinski definition) is 12. The van der Waals surface area contributed by atoms with Crippen molar-refractivity contribution >= 4 is 43.0 Å². The minimum Gasteiger partial charge on any atom is -0.394 e. The fourth-order valence-corrected chi connectivity index (χ4v) is 7.54. The number of carbonyl (C=O) groups excluding carboxylic acids is 6. The molecule has 0 spiro atoms. The van der Waals surface area contributed by atoms with Gasteiger partial charge in [0, 0.05) is 44.8 Å². The summed E-state index contributed by atoms with van der Waals surface area (Å²) in [6, 6.07) is 7.71. The van der Waals surface area contributed by atoms with Crippen LogP contribution in [0.3, 0.4) is 0 Å². The number of H-pyrrole nitrogens is 1. The summed E-state index contributed by atoms with van der Waals surface area (Å²) in [4.78, 5) is 107. The van der Waals surface area contributed by atoms with Gasteiger partial charge in [0.2, 0.25) is 23.6 Å². The highest BCUT2D eigenvalue weighted by molar-refractivity contribution is 7.46. The van der Waals surface area contributed by atoms with Crippen molar-refractivity contribution in [2.24, 2.45) is 23.5 Å². The lowest BCUT2D eigenvalue weighted by Gasteiger charge is -2.26. The van der Waals surface area contributed by atoms with Crippen LogP contribution in [0.15, 0.2) is 42.9 Å². The number of imidazole rings is 1. The molecular weight excluding hydrogens is 839 g/mol. The number of aliphatic hydroxyl groups excluding tert-OH is 1. The lowest BCUT2D eigenvalue weighted by molar-refractivity contribution is -0.138. The van der Waals surface area contributed by atoms with Crippen molar-refractivity contribution in [1.29, 1.82) is 0 Å². The molecular formula is C43H69N6O13P. The molecule has 0 aliphatic carbocycles. The number of Topliss-reactive ketones (excluding diaryl/α,β-unsaturated/α-hetero) is 2. The average molecular weight is 909 g/mol. The summed E-state index contributed by atoms with van der Waals surface area (Å²) in [5, 5.41) is 15.3. The van der Waals surface area contributed by atoms with Crippen LogP contribution in [-0.4, -0.2) is 130 Å². The lowest BCUT2D eigenvalue weighted by atomic mass is 9.89. The molecule has 0 bridgehead atoms. The van der Waals surface area contributed by atoms with Crippen LogP contribution in [-0.2, 0) is 60.2 Å². The molecule has 20 heteroatoms. The standard InChI is InChI=1S/C43H69N6O13P/c1-30(2)22-36(47-40(53)27-49(41(54)17-19-61-21-20-60-4)18-13-8-6-5-7-10-14-32-15-11-9-12-16-32)38(51)24-33(23-34-26-45-29-46-34)43(56)48-37(28-50)39(52)25-35(42(44)55)31(3)62-63(57,58)59/h9,11-12,15-16,26,29-31,33,35-37,50H,5-8,10,13-14,17-25,27-28H2,1-4H3,(H2,44,55)(H,45,46)(H,47,53)(H,48,56)(H2,57,58,59)/t31-,33-,35+,36+,37+/m1/s1. The number of primary amides is 1. The highest BCUT2D eigenvalue weighted by atomic mass is 31.2. The molecule has 8 N–H and O–H groups in total. The van der Waals surface area contributed by atoms with Gasteiger partial charge in [-0.25, -0.2) is 9.55 Å². The van der Waals surface area contributed by atoms with Gasteiger partial charge in [0.05, 0.1) is 69.7 Å². The van der Waals surface area contributed by atoms with E-state index in [1.165, 1.54) is 23.0 Å². The Labute approximate surface area is 370 Å². The zero-order valence-electron chi connectivity index (χ0n) is 37.1. The number of phosphoric ester groups is 1. The predicted molar refractivity (Wildman–Crippen MR) is 232 cm³/mol. The molecule has 1 aromatic carbocycles. The summed E-state index contributed by atoms with van der Waals surface area (Å²) in [5.74, 6) is -6.82. The van der Waals surface area contributed by atoms with Crippen molar-refractivity contribution < 1.29 is 62.2 Å². The maximum atomic E-state index is 14.0. The number of unbranched alkanes of at least 4 members (excludes halogenated alkanes) is 5. The molecule has 0 unspecified atom stereocenters. The number of nitrogens with zero attached hydrogens (tertiary/aromatic N) is 2. The molecule has 0 fully saturated rings. The number of rotatable bonds is 35. The second kappa shape index (κ2) is 29.9. The Morgan fingerprint density at radius 1 is 0.889 bits per heavy atom. The van der Waals surface area contributed by atoms with E-state index in [2.05, 4.69) is 37.3 Å². The molecule has 4 amide bonds. The van der Waals surface area contributed by atoms with E-state index in [0.29, 0.717) is 31.9 Å². The minimum absolute atomic E-state index is 0.0505. The van der Waals surface area contributed by atoms with Crippen LogP contribution in [0.2, 0.25) is 0 Å². The van der Waals surface area contributed by atoms with Crippen molar-refractivity contribution in [2.45, 2.75) is 116 Å². The third-order valence-electron chi connectivity index (χ3n) is 10.4. The number of ether oxygens (including phenoxy) is 2. The Bertz CT molecular complexity index is 1730. The van der Waals surface area contributed by atoms with Gasteiger partial charge in [0.15, 0.2) is 11.6 Å². The Hall–Kier alpha value is -4.36. The van der Waals surface area contributed by atoms with Crippen LogP contribution in [0.4, 0.5) is 0 Å².